The maximum Gasteiger partial charge on any atom is 0.308 e. The number of hydrogen-bond donors (Lipinski definition) is 3. The molecule has 0 aromatic heterocycles. The molecule has 0 atom stereocenters. The first kappa shape index (κ1) is 36.3. The van der Waals surface area contributed by atoms with Crippen LogP contribution in [0.15, 0.2) is 66.7 Å². The van der Waals surface area contributed by atoms with Crippen LogP contribution in [0, 0.1) is 12.8 Å². The average Bonchev–Trinajstić information content (AvgIpc) is 2.97. The quantitative estimate of drug-likeness (QED) is 0.0888. The smallest absolute Gasteiger partial charge is 0.308 e. The summed E-state index contributed by atoms with van der Waals surface area (Å²) in [6, 6.07) is 18.1. The lowest BCUT2D eigenvalue weighted by atomic mass is 10.1. The Morgan fingerprint density at radius 3 is 1.83 bits per heavy atom. The molecule has 1 amide bonds. The van der Waals surface area contributed by atoms with Crippen LogP contribution in [0.3, 0.4) is 0 Å². The van der Waals surface area contributed by atoms with Crippen LogP contribution in [0.4, 0.5) is 11.4 Å². The molecule has 0 unspecified atom stereocenters. The van der Waals surface area contributed by atoms with Crippen LogP contribution in [0.1, 0.15) is 31.9 Å². The molecule has 0 spiro atoms. The molecule has 4 aromatic rings. The molecule has 0 fully saturated rings. The number of esters is 1. The van der Waals surface area contributed by atoms with Crippen molar-refractivity contribution >= 4 is 75.6 Å². The van der Waals surface area contributed by atoms with Gasteiger partial charge in [0.15, 0.2) is 11.5 Å². The van der Waals surface area contributed by atoms with Crippen LogP contribution in [-0.2, 0) is 20.8 Å². The van der Waals surface area contributed by atoms with Gasteiger partial charge in [-0.05, 0) is 73.2 Å². The molecule has 0 bridgehead atoms. The van der Waals surface area contributed by atoms with E-state index in [2.05, 4.69) is 5.32 Å². The van der Waals surface area contributed by atoms with Crippen molar-refractivity contribution in [2.45, 2.75) is 34.1 Å². The third-order valence-electron chi connectivity index (χ3n) is 6.01. The number of hydrogen-bond acceptors (Lipinski definition) is 7. The molecule has 46 heavy (non-hydrogen) atoms. The number of halogens is 4. The van der Waals surface area contributed by atoms with Gasteiger partial charge in [0.1, 0.15) is 17.2 Å². The van der Waals surface area contributed by atoms with Crippen molar-refractivity contribution in [3.8, 4) is 28.7 Å². The fourth-order valence-corrected chi connectivity index (χ4v) is 4.80. The number of nitrogen functional groups attached to an aromatic ring is 1. The van der Waals surface area contributed by atoms with Crippen LogP contribution in [-0.4, -0.2) is 23.0 Å². The van der Waals surface area contributed by atoms with E-state index in [0.717, 1.165) is 0 Å². The van der Waals surface area contributed by atoms with Crippen molar-refractivity contribution in [3.63, 3.8) is 0 Å². The lowest BCUT2D eigenvalue weighted by molar-refractivity contribution is -0.136. The van der Waals surface area contributed by atoms with Crippen LogP contribution < -0.4 is 25.3 Å². The Kier molecular flexibility index (Phi) is 13.0. The largest absolute Gasteiger partial charge is 0.481 e. The minimum atomic E-state index is -0.972. The van der Waals surface area contributed by atoms with E-state index in [1.165, 1.54) is 25.1 Å². The number of carboxylic acid groups (broad SMARTS) is 1. The van der Waals surface area contributed by atoms with Crippen molar-refractivity contribution in [1.82, 2.24) is 0 Å². The Hall–Kier alpha value is -4.15. The lowest BCUT2D eigenvalue weighted by Crippen LogP contribution is -2.17. The summed E-state index contributed by atoms with van der Waals surface area (Å²) in [6.07, 6.45) is -0.177. The number of ether oxygens (including phenoxy) is 3. The molecule has 0 aliphatic rings. The molecule has 0 radical (unpaired) electrons. The van der Waals surface area contributed by atoms with Crippen molar-refractivity contribution in [1.29, 1.82) is 0 Å². The third-order valence-corrected chi connectivity index (χ3v) is 7.30. The molecule has 0 heterocycles. The predicted molar refractivity (Wildman–Crippen MR) is 181 cm³/mol. The fraction of sp³-hybridized carbons (Fsp3) is 0.182. The predicted octanol–water partition coefficient (Wildman–Crippen LogP) is 9.61. The highest BCUT2D eigenvalue weighted by molar-refractivity contribution is 6.38. The van der Waals surface area contributed by atoms with Crippen LogP contribution in [0.25, 0.3) is 0 Å². The molecule has 0 aliphatic carbocycles. The van der Waals surface area contributed by atoms with Crippen molar-refractivity contribution in [3.05, 3.63) is 97.9 Å². The van der Waals surface area contributed by atoms with Crippen LogP contribution in [0.5, 0.6) is 28.7 Å². The van der Waals surface area contributed by atoms with E-state index in [0.29, 0.717) is 45.5 Å². The second-order valence-electron chi connectivity index (χ2n) is 10.1. The number of aliphatic carboxylic acids is 1. The number of carbonyl (C=O) groups excluding carboxylic acids is 2. The van der Waals surface area contributed by atoms with Gasteiger partial charge >= 0.3 is 11.9 Å². The molecule has 0 saturated heterocycles. The number of rotatable bonds is 9. The molecular weight excluding hydrogens is 678 g/mol. The summed E-state index contributed by atoms with van der Waals surface area (Å²) in [5.74, 6) is 0.281. The van der Waals surface area contributed by atoms with E-state index in [1.54, 1.807) is 55.5 Å². The normalized spacial score (nSPS) is 10.5. The summed E-state index contributed by atoms with van der Waals surface area (Å²) in [7, 11) is 0. The summed E-state index contributed by atoms with van der Waals surface area (Å²) in [5, 5.41) is 12.6. The second-order valence-corrected chi connectivity index (χ2v) is 11.7. The zero-order chi connectivity index (χ0) is 34.1. The van der Waals surface area contributed by atoms with Crippen LogP contribution in [0.2, 0.25) is 20.1 Å². The first-order valence-electron chi connectivity index (χ1n) is 13.6. The topological polar surface area (TPSA) is 137 Å². The highest BCUT2D eigenvalue weighted by Gasteiger charge is 2.18. The molecule has 0 aliphatic heterocycles. The zero-order valence-corrected chi connectivity index (χ0v) is 28.1. The molecule has 0 saturated carbocycles. The Bertz CT molecular complexity index is 1700. The maximum absolute atomic E-state index is 11.7. The Morgan fingerprint density at radius 1 is 0.826 bits per heavy atom. The highest BCUT2D eigenvalue weighted by atomic mass is 35.5. The number of amides is 1. The van der Waals surface area contributed by atoms with Gasteiger partial charge in [-0.25, -0.2) is 0 Å². The van der Waals surface area contributed by atoms with Gasteiger partial charge in [-0.3, -0.25) is 14.4 Å². The van der Waals surface area contributed by atoms with Gasteiger partial charge in [-0.15, -0.1) is 0 Å². The molecular formula is C33H30Cl4N2O7. The summed E-state index contributed by atoms with van der Waals surface area (Å²) in [5.41, 5.74) is 7.95. The third kappa shape index (κ3) is 10.5. The minimum absolute atomic E-state index is 0.0752. The van der Waals surface area contributed by atoms with E-state index in [-0.39, 0.29) is 44.1 Å². The second kappa shape index (κ2) is 16.4. The number of benzene rings is 4. The number of nitrogens with one attached hydrogen (secondary N) is 1. The molecule has 13 heteroatoms. The van der Waals surface area contributed by atoms with Crippen LogP contribution >= 0.6 is 46.4 Å². The molecule has 4 aromatic carbocycles. The van der Waals surface area contributed by atoms with Crippen molar-refractivity contribution in [2.24, 2.45) is 5.92 Å². The summed E-state index contributed by atoms with van der Waals surface area (Å²) < 4.78 is 16.4. The molecule has 242 valence electrons. The Morgan fingerprint density at radius 2 is 1.33 bits per heavy atom. The number of anilines is 2. The SMILES string of the molecule is CC(=O)Oc1cc(Cl)c(Oc2ccc(N)cc2)c(Cl)c1C.CC(C)C(=O)Nc1ccc(Oc2c(Cl)cc(CC(=O)O)cc2Cl)cc1. The molecule has 4 N–H and O–H groups in total. The first-order valence-corrected chi connectivity index (χ1v) is 15.1. The highest BCUT2D eigenvalue weighted by Crippen LogP contribution is 2.43. The van der Waals surface area contributed by atoms with Gasteiger partial charge < -0.3 is 30.4 Å². The fourth-order valence-electron chi connectivity index (χ4n) is 3.68. The minimum Gasteiger partial charge on any atom is -0.481 e. The van der Waals surface area contributed by atoms with Gasteiger partial charge in [0.2, 0.25) is 5.91 Å². The van der Waals surface area contributed by atoms with E-state index in [1.807, 2.05) is 13.8 Å². The van der Waals surface area contributed by atoms with Gasteiger partial charge in [0, 0.05) is 35.8 Å². The van der Waals surface area contributed by atoms with Crippen molar-refractivity contribution < 1.29 is 33.7 Å². The van der Waals surface area contributed by atoms with Gasteiger partial charge in [-0.1, -0.05) is 60.3 Å². The summed E-state index contributed by atoms with van der Waals surface area (Å²) >= 11 is 24.7. The van der Waals surface area contributed by atoms with E-state index in [9.17, 15) is 14.4 Å². The standard InChI is InChI=1S/C18H17Cl2NO4.C15H13Cl2NO3/c1-10(2)18(24)21-12-3-5-13(6-4-12)25-17-14(19)7-11(8-15(17)20)9-16(22)23;1-8-13(20-9(2)19)7-12(16)15(14(8)17)21-11-5-3-10(18)4-6-11/h3-8,10H,9H2,1-2H3,(H,21,24)(H,22,23);3-7H,18H2,1-2H3. The Labute approximate surface area is 286 Å². The van der Waals surface area contributed by atoms with Crippen molar-refractivity contribution in [2.75, 3.05) is 11.1 Å². The number of carboxylic acids is 1. The lowest BCUT2D eigenvalue weighted by Gasteiger charge is -2.14. The van der Waals surface area contributed by atoms with Gasteiger partial charge in [0.25, 0.3) is 0 Å². The zero-order valence-electron chi connectivity index (χ0n) is 25.1. The Balaban J connectivity index is 0.000000254. The van der Waals surface area contributed by atoms with E-state index >= 15 is 0 Å². The monoisotopic (exact) mass is 706 g/mol. The maximum atomic E-state index is 11.7. The van der Waals surface area contributed by atoms with Gasteiger partial charge in [0.05, 0.1) is 26.5 Å². The first-order chi connectivity index (χ1) is 21.6. The van der Waals surface area contributed by atoms with Gasteiger partial charge in [-0.2, -0.15) is 0 Å². The van der Waals surface area contributed by atoms with E-state index in [4.69, 9.17) is 71.5 Å². The summed E-state index contributed by atoms with van der Waals surface area (Å²) in [4.78, 5) is 33.5. The molecule has 9 nitrogen and oxygen atoms in total. The van der Waals surface area contributed by atoms with E-state index < -0.39 is 11.9 Å². The average molecular weight is 708 g/mol. The number of nitrogens with two attached hydrogens (primary N) is 1. The summed E-state index contributed by atoms with van der Waals surface area (Å²) in [6.45, 7) is 6.64. The number of carbonyl (C=O) groups is 3. The molecule has 4 rings (SSSR count).